The number of rotatable bonds is 2. The fourth-order valence-corrected chi connectivity index (χ4v) is 1.01. The Morgan fingerprint density at radius 3 is 3.00 bits per heavy atom. The van der Waals surface area contributed by atoms with Gasteiger partial charge >= 0.3 is 0 Å². The third-order valence-electron chi connectivity index (χ3n) is 1.83. The van der Waals surface area contributed by atoms with Gasteiger partial charge in [0.25, 0.3) is 0 Å². The Bertz CT molecular complexity index is 366. The standard InChI is InChI=1S/C9H9N3O/c10-4-6-3-9(11)12-5-8(6)13-7-1-2-7/h3,5,7H,1-2H2,(H2,11,12). The molecule has 66 valence electrons. The highest BCUT2D eigenvalue weighted by Crippen LogP contribution is 2.28. The molecule has 0 aromatic carbocycles. The molecule has 0 bridgehead atoms. The van der Waals surface area contributed by atoms with Gasteiger partial charge in [0, 0.05) is 6.07 Å². The zero-order valence-corrected chi connectivity index (χ0v) is 7.03. The van der Waals surface area contributed by atoms with Crippen LogP contribution in [0.15, 0.2) is 12.3 Å². The van der Waals surface area contributed by atoms with Crippen LogP contribution in [0.3, 0.4) is 0 Å². The van der Waals surface area contributed by atoms with Gasteiger partial charge in [-0.15, -0.1) is 0 Å². The van der Waals surface area contributed by atoms with Crippen molar-refractivity contribution in [3.8, 4) is 11.8 Å². The van der Waals surface area contributed by atoms with Crippen LogP contribution >= 0.6 is 0 Å². The van der Waals surface area contributed by atoms with E-state index in [0.717, 1.165) is 12.8 Å². The molecule has 0 spiro atoms. The van der Waals surface area contributed by atoms with Gasteiger partial charge in [0.1, 0.15) is 11.9 Å². The highest BCUT2D eigenvalue weighted by molar-refractivity contribution is 5.48. The first-order chi connectivity index (χ1) is 6.29. The normalized spacial score (nSPS) is 15.0. The van der Waals surface area contributed by atoms with E-state index in [1.807, 2.05) is 6.07 Å². The molecule has 1 heterocycles. The third-order valence-corrected chi connectivity index (χ3v) is 1.83. The molecular formula is C9H9N3O. The average Bonchev–Trinajstić information content (AvgIpc) is 2.92. The van der Waals surface area contributed by atoms with Gasteiger partial charge in [0.2, 0.25) is 0 Å². The number of pyridine rings is 1. The SMILES string of the molecule is N#Cc1cc(N)ncc1OC1CC1. The monoisotopic (exact) mass is 175 g/mol. The lowest BCUT2D eigenvalue weighted by molar-refractivity contribution is 0.301. The van der Waals surface area contributed by atoms with Gasteiger partial charge in [0.05, 0.1) is 17.9 Å². The van der Waals surface area contributed by atoms with Crippen LogP contribution in [0.2, 0.25) is 0 Å². The molecule has 1 aliphatic rings. The number of aromatic nitrogens is 1. The van der Waals surface area contributed by atoms with Crippen LogP contribution in [0, 0.1) is 11.3 Å². The molecule has 0 radical (unpaired) electrons. The second-order valence-electron chi connectivity index (χ2n) is 3.03. The van der Waals surface area contributed by atoms with Crippen molar-refractivity contribution < 1.29 is 4.74 Å². The van der Waals surface area contributed by atoms with Crippen molar-refractivity contribution in [1.82, 2.24) is 4.98 Å². The van der Waals surface area contributed by atoms with Crippen LogP contribution in [0.1, 0.15) is 18.4 Å². The lowest BCUT2D eigenvalue weighted by atomic mass is 10.2. The Balaban J connectivity index is 2.27. The van der Waals surface area contributed by atoms with E-state index < -0.39 is 0 Å². The van der Waals surface area contributed by atoms with Crippen LogP contribution in [-0.2, 0) is 0 Å². The summed E-state index contributed by atoms with van der Waals surface area (Å²) in [7, 11) is 0. The van der Waals surface area contributed by atoms with Crippen molar-refractivity contribution in [2.45, 2.75) is 18.9 Å². The summed E-state index contributed by atoms with van der Waals surface area (Å²) in [5, 5.41) is 8.76. The van der Waals surface area contributed by atoms with Crippen LogP contribution in [0.4, 0.5) is 5.82 Å². The highest BCUT2D eigenvalue weighted by atomic mass is 16.5. The Morgan fingerprint density at radius 2 is 2.38 bits per heavy atom. The van der Waals surface area contributed by atoms with Gasteiger partial charge in [-0.1, -0.05) is 0 Å². The van der Waals surface area contributed by atoms with E-state index in [9.17, 15) is 0 Å². The lowest BCUT2D eigenvalue weighted by Crippen LogP contribution is -2.00. The van der Waals surface area contributed by atoms with Gasteiger partial charge in [-0.25, -0.2) is 4.98 Å². The largest absolute Gasteiger partial charge is 0.487 e. The van der Waals surface area contributed by atoms with Gasteiger partial charge in [0.15, 0.2) is 5.75 Å². The van der Waals surface area contributed by atoms with Crippen molar-refractivity contribution >= 4 is 5.82 Å². The minimum Gasteiger partial charge on any atom is -0.487 e. The molecule has 0 saturated heterocycles. The average molecular weight is 175 g/mol. The molecule has 0 atom stereocenters. The molecule has 1 saturated carbocycles. The summed E-state index contributed by atoms with van der Waals surface area (Å²) in [4.78, 5) is 3.87. The second-order valence-corrected chi connectivity index (χ2v) is 3.03. The molecule has 0 aliphatic heterocycles. The summed E-state index contributed by atoms with van der Waals surface area (Å²) in [5.74, 6) is 0.888. The second kappa shape index (κ2) is 2.94. The summed E-state index contributed by atoms with van der Waals surface area (Å²) < 4.78 is 5.46. The van der Waals surface area contributed by atoms with E-state index in [1.54, 1.807) is 0 Å². The Kier molecular flexibility index (Phi) is 1.78. The molecular weight excluding hydrogens is 166 g/mol. The number of nitriles is 1. The fourth-order valence-electron chi connectivity index (χ4n) is 1.01. The van der Waals surface area contributed by atoms with Gasteiger partial charge < -0.3 is 10.5 Å². The molecule has 4 nitrogen and oxygen atoms in total. The van der Waals surface area contributed by atoms with Crippen molar-refractivity contribution in [2.75, 3.05) is 5.73 Å². The number of nitrogen functional groups attached to an aromatic ring is 1. The number of nitrogens with zero attached hydrogens (tertiary/aromatic N) is 2. The van der Waals surface area contributed by atoms with Gasteiger partial charge in [-0.2, -0.15) is 5.26 Å². The van der Waals surface area contributed by atoms with Crippen LogP contribution < -0.4 is 10.5 Å². The minimum atomic E-state index is 0.275. The predicted molar refractivity (Wildman–Crippen MR) is 47.0 cm³/mol. The molecule has 2 rings (SSSR count). The maximum Gasteiger partial charge on any atom is 0.155 e. The van der Waals surface area contributed by atoms with Gasteiger partial charge in [-0.05, 0) is 12.8 Å². The van der Waals surface area contributed by atoms with E-state index in [4.69, 9.17) is 15.7 Å². The number of hydrogen-bond acceptors (Lipinski definition) is 4. The maximum absolute atomic E-state index is 8.76. The first-order valence-electron chi connectivity index (χ1n) is 4.12. The Hall–Kier alpha value is -1.76. The molecule has 1 aromatic rings. The summed E-state index contributed by atoms with van der Waals surface area (Å²) >= 11 is 0. The predicted octanol–water partition coefficient (Wildman–Crippen LogP) is 1.08. The molecule has 1 fully saturated rings. The smallest absolute Gasteiger partial charge is 0.155 e. The van der Waals surface area contributed by atoms with Gasteiger partial charge in [-0.3, -0.25) is 0 Å². The fraction of sp³-hybridized carbons (Fsp3) is 0.333. The topological polar surface area (TPSA) is 71.9 Å². The third kappa shape index (κ3) is 1.70. The van der Waals surface area contributed by atoms with E-state index in [0.29, 0.717) is 17.1 Å². The molecule has 2 N–H and O–H groups in total. The molecule has 4 heteroatoms. The van der Waals surface area contributed by atoms with Crippen LogP contribution in [0.25, 0.3) is 0 Å². The summed E-state index contributed by atoms with van der Waals surface area (Å²) in [6, 6.07) is 3.55. The van der Waals surface area contributed by atoms with Crippen LogP contribution in [-0.4, -0.2) is 11.1 Å². The lowest BCUT2D eigenvalue weighted by Gasteiger charge is -2.05. The summed E-state index contributed by atoms with van der Waals surface area (Å²) in [6.07, 6.45) is 3.91. The minimum absolute atomic E-state index is 0.275. The quantitative estimate of drug-likeness (QED) is 0.729. The van der Waals surface area contributed by atoms with Crippen molar-refractivity contribution in [3.63, 3.8) is 0 Å². The Morgan fingerprint density at radius 1 is 1.62 bits per heavy atom. The van der Waals surface area contributed by atoms with Crippen LogP contribution in [0.5, 0.6) is 5.75 Å². The number of ether oxygens (including phenoxy) is 1. The highest BCUT2D eigenvalue weighted by Gasteiger charge is 2.24. The maximum atomic E-state index is 8.76. The molecule has 0 unspecified atom stereocenters. The Labute approximate surface area is 76.0 Å². The number of hydrogen-bond donors (Lipinski definition) is 1. The van der Waals surface area contributed by atoms with E-state index in [1.165, 1.54) is 12.3 Å². The van der Waals surface area contributed by atoms with E-state index in [2.05, 4.69) is 4.98 Å². The number of anilines is 1. The van der Waals surface area contributed by atoms with Crippen molar-refractivity contribution in [1.29, 1.82) is 5.26 Å². The first kappa shape index (κ1) is 7.87. The van der Waals surface area contributed by atoms with Crippen molar-refractivity contribution in [3.05, 3.63) is 17.8 Å². The van der Waals surface area contributed by atoms with E-state index >= 15 is 0 Å². The summed E-state index contributed by atoms with van der Waals surface area (Å²) in [5.41, 5.74) is 5.89. The molecule has 0 amide bonds. The number of nitrogens with two attached hydrogens (primary N) is 1. The zero-order chi connectivity index (χ0) is 9.26. The summed E-state index contributed by atoms with van der Waals surface area (Å²) in [6.45, 7) is 0. The van der Waals surface area contributed by atoms with Crippen molar-refractivity contribution in [2.24, 2.45) is 0 Å². The first-order valence-corrected chi connectivity index (χ1v) is 4.12. The molecule has 13 heavy (non-hydrogen) atoms. The zero-order valence-electron chi connectivity index (χ0n) is 7.03. The van der Waals surface area contributed by atoms with E-state index in [-0.39, 0.29) is 6.10 Å². The molecule has 1 aromatic heterocycles. The molecule has 1 aliphatic carbocycles.